The van der Waals surface area contributed by atoms with Crippen molar-refractivity contribution in [1.29, 1.82) is 0 Å². The topological polar surface area (TPSA) is 26.6 Å². The highest BCUT2D eigenvalue weighted by atomic mass is 19.4. The molecular formula is C13H21F3N3O+. The molecule has 0 aromatic carbocycles. The smallest absolute Gasteiger partial charge is 0.314 e. The number of carbonyl (C=O) groups excluding carboxylic acids is 1. The van der Waals surface area contributed by atoms with Crippen molar-refractivity contribution in [2.45, 2.75) is 45.6 Å². The Morgan fingerprint density at radius 3 is 2.50 bits per heavy atom. The van der Waals surface area contributed by atoms with Crippen LogP contribution in [0.4, 0.5) is 13.2 Å². The van der Waals surface area contributed by atoms with Gasteiger partial charge in [0.15, 0.2) is 19.1 Å². The quantitative estimate of drug-likeness (QED) is 0.681. The molecule has 2 aliphatic rings. The van der Waals surface area contributed by atoms with E-state index < -0.39 is 30.3 Å². The number of hydrogen-bond acceptors (Lipinski definition) is 2. The Morgan fingerprint density at radius 2 is 2.00 bits per heavy atom. The minimum atomic E-state index is -4.37. The number of carbonyl (C=O) groups is 1. The van der Waals surface area contributed by atoms with Gasteiger partial charge in [0, 0.05) is 13.8 Å². The second kappa shape index (κ2) is 4.72. The third kappa shape index (κ3) is 2.55. The van der Waals surface area contributed by atoms with E-state index >= 15 is 0 Å². The number of piperazine rings is 1. The van der Waals surface area contributed by atoms with Gasteiger partial charge >= 0.3 is 6.18 Å². The van der Waals surface area contributed by atoms with Gasteiger partial charge in [0.2, 0.25) is 5.91 Å². The summed E-state index contributed by atoms with van der Waals surface area (Å²) in [7, 11) is 0. The molecule has 20 heavy (non-hydrogen) atoms. The molecule has 4 nitrogen and oxygen atoms in total. The number of halogens is 3. The lowest BCUT2D eigenvalue weighted by atomic mass is 10.1. The van der Waals surface area contributed by atoms with E-state index in [2.05, 4.69) is 4.58 Å². The first-order valence-corrected chi connectivity index (χ1v) is 6.74. The van der Waals surface area contributed by atoms with Gasteiger partial charge in [-0.1, -0.05) is 0 Å². The van der Waals surface area contributed by atoms with Crippen LogP contribution in [0.25, 0.3) is 0 Å². The highest BCUT2D eigenvalue weighted by Gasteiger charge is 2.56. The van der Waals surface area contributed by atoms with Gasteiger partial charge in [-0.25, -0.2) is 4.58 Å². The molecule has 2 heterocycles. The van der Waals surface area contributed by atoms with E-state index in [0.717, 1.165) is 17.2 Å². The first-order valence-electron chi connectivity index (χ1n) is 6.74. The minimum absolute atomic E-state index is 0.418. The molecule has 7 heteroatoms. The molecule has 0 aliphatic carbocycles. The zero-order chi connectivity index (χ0) is 15.3. The predicted molar refractivity (Wildman–Crippen MR) is 68.7 cm³/mol. The van der Waals surface area contributed by atoms with Crippen LogP contribution in [0.2, 0.25) is 0 Å². The molecule has 0 unspecified atom stereocenters. The largest absolute Gasteiger partial charge is 0.406 e. The fraction of sp³-hybridized carbons (Fsp3) is 0.846. The molecule has 2 aliphatic heterocycles. The summed E-state index contributed by atoms with van der Waals surface area (Å²) >= 11 is 0. The number of nitrogens with zero attached hydrogens (tertiary/aromatic N) is 3. The van der Waals surface area contributed by atoms with Gasteiger partial charge in [-0.3, -0.25) is 9.69 Å². The monoisotopic (exact) mass is 292 g/mol. The molecule has 0 spiro atoms. The van der Waals surface area contributed by atoms with Crippen LogP contribution in [0.1, 0.15) is 27.7 Å². The molecular weight excluding hydrogens is 271 g/mol. The van der Waals surface area contributed by atoms with Crippen LogP contribution in [-0.4, -0.2) is 70.1 Å². The van der Waals surface area contributed by atoms with Crippen molar-refractivity contribution in [3.8, 4) is 0 Å². The van der Waals surface area contributed by atoms with Gasteiger partial charge < -0.3 is 4.90 Å². The first-order chi connectivity index (χ1) is 9.04. The number of alkyl halides is 3. The maximum absolute atomic E-state index is 12.7. The Labute approximate surface area is 116 Å². The van der Waals surface area contributed by atoms with E-state index in [9.17, 15) is 18.0 Å². The van der Waals surface area contributed by atoms with Crippen LogP contribution >= 0.6 is 0 Å². The lowest BCUT2D eigenvalue weighted by Crippen LogP contribution is -2.56. The maximum atomic E-state index is 12.7. The van der Waals surface area contributed by atoms with Crippen LogP contribution in [0.3, 0.4) is 0 Å². The highest BCUT2D eigenvalue weighted by molar-refractivity contribution is 5.85. The third-order valence-corrected chi connectivity index (χ3v) is 4.26. The molecule has 2 rings (SSSR count). The maximum Gasteiger partial charge on any atom is 0.406 e. The molecule has 0 bridgehead atoms. The zero-order valence-electron chi connectivity index (χ0n) is 12.3. The molecule has 2 saturated heterocycles. The summed E-state index contributed by atoms with van der Waals surface area (Å²) in [6.07, 6.45) is -4.37. The normalized spacial score (nSPS) is 26.9. The average molecular weight is 292 g/mol. The van der Waals surface area contributed by atoms with E-state index in [4.69, 9.17) is 0 Å². The van der Waals surface area contributed by atoms with Gasteiger partial charge in [0.25, 0.3) is 0 Å². The number of fused-ring (bicyclic) bond motifs is 1. The van der Waals surface area contributed by atoms with E-state index in [-0.39, 0.29) is 0 Å². The Bertz CT molecular complexity index is 452. The Balaban J connectivity index is 2.28. The van der Waals surface area contributed by atoms with Crippen molar-refractivity contribution in [3.63, 3.8) is 0 Å². The number of hydrogen-bond donors (Lipinski definition) is 0. The Kier molecular flexibility index (Phi) is 3.60. The molecule has 114 valence electrons. The Hall–Kier alpha value is -1.11. The molecule has 1 amide bonds. The molecule has 0 N–H and O–H groups in total. The number of amides is 1. The second-order valence-corrected chi connectivity index (χ2v) is 6.14. The standard InChI is InChI=1S/C13H21F3N3O/c1-9(2)17-5-6-18-10(7-17)11(20)19(12(18,3)4)8-13(14,15)16/h10H,5-8H2,1-4H3/q+1/t10-/m0/s1. The van der Waals surface area contributed by atoms with E-state index in [1.807, 2.05) is 18.7 Å². The molecule has 0 saturated carbocycles. The average Bonchev–Trinajstić information content (AvgIpc) is 2.49. The van der Waals surface area contributed by atoms with Gasteiger partial charge in [-0.2, -0.15) is 13.2 Å². The summed E-state index contributed by atoms with van der Waals surface area (Å²) in [4.78, 5) is 15.2. The Morgan fingerprint density at radius 1 is 1.40 bits per heavy atom. The van der Waals surface area contributed by atoms with Gasteiger partial charge in [-0.05, 0) is 13.8 Å². The lowest BCUT2D eigenvalue weighted by molar-refractivity contribution is -0.546. The summed E-state index contributed by atoms with van der Waals surface area (Å²) in [6, 6.07) is -0.476. The summed E-state index contributed by atoms with van der Waals surface area (Å²) in [5.74, 6) is -0.418. The molecule has 0 radical (unpaired) electrons. The van der Waals surface area contributed by atoms with Crippen molar-refractivity contribution in [1.82, 2.24) is 9.80 Å². The van der Waals surface area contributed by atoms with Crippen molar-refractivity contribution in [2.24, 2.45) is 0 Å². The van der Waals surface area contributed by atoms with Crippen LogP contribution in [0, 0.1) is 0 Å². The van der Waals surface area contributed by atoms with Crippen LogP contribution in [-0.2, 0) is 4.79 Å². The molecule has 1 atom stereocenters. The molecule has 0 aromatic rings. The third-order valence-electron chi connectivity index (χ3n) is 4.26. The molecule has 0 aromatic heterocycles. The number of rotatable bonds is 1. The van der Waals surface area contributed by atoms with Gasteiger partial charge in [-0.15, -0.1) is 0 Å². The molecule has 2 fully saturated rings. The van der Waals surface area contributed by atoms with Crippen molar-refractivity contribution in [3.05, 3.63) is 0 Å². The van der Waals surface area contributed by atoms with E-state index in [0.29, 0.717) is 13.1 Å². The summed E-state index contributed by atoms with van der Waals surface area (Å²) in [5.41, 5.74) is 0.204. The van der Waals surface area contributed by atoms with Gasteiger partial charge in [0.05, 0.1) is 12.2 Å². The van der Waals surface area contributed by atoms with Crippen molar-refractivity contribution in [2.75, 3.05) is 26.2 Å². The first kappa shape index (κ1) is 15.3. The minimum Gasteiger partial charge on any atom is -0.314 e. The van der Waals surface area contributed by atoms with E-state index in [1.165, 1.54) is 0 Å². The summed E-state index contributed by atoms with van der Waals surface area (Å²) < 4.78 is 40.1. The predicted octanol–water partition coefficient (Wildman–Crippen LogP) is 1.30. The second-order valence-electron chi connectivity index (χ2n) is 6.14. The SMILES string of the molecule is CC(C)=[N+]1CCN2[C@@H](C1)C(=O)N(CC(F)(F)F)C2(C)C. The van der Waals surface area contributed by atoms with Crippen LogP contribution in [0.5, 0.6) is 0 Å². The zero-order valence-corrected chi connectivity index (χ0v) is 12.3. The van der Waals surface area contributed by atoms with Gasteiger partial charge in [0.1, 0.15) is 12.3 Å². The van der Waals surface area contributed by atoms with Crippen LogP contribution in [0.15, 0.2) is 0 Å². The fourth-order valence-electron chi connectivity index (χ4n) is 3.11. The van der Waals surface area contributed by atoms with Crippen LogP contribution < -0.4 is 0 Å². The van der Waals surface area contributed by atoms with E-state index in [1.54, 1.807) is 13.8 Å². The van der Waals surface area contributed by atoms with Crippen molar-refractivity contribution >= 4 is 11.6 Å². The summed E-state index contributed by atoms with van der Waals surface area (Å²) in [6.45, 7) is 7.92. The summed E-state index contributed by atoms with van der Waals surface area (Å²) in [5, 5.41) is 0. The van der Waals surface area contributed by atoms with Crippen molar-refractivity contribution < 1.29 is 22.5 Å². The fourth-order valence-corrected chi connectivity index (χ4v) is 3.11. The lowest BCUT2D eigenvalue weighted by Gasteiger charge is -2.39. The highest BCUT2D eigenvalue weighted by Crippen LogP contribution is 2.35.